The zero-order chi connectivity index (χ0) is 9.31. The third kappa shape index (κ3) is 1.62. The van der Waals surface area contributed by atoms with E-state index in [-0.39, 0.29) is 11.6 Å². The van der Waals surface area contributed by atoms with Gasteiger partial charge in [0.15, 0.2) is 0 Å². The lowest BCUT2D eigenvalue weighted by molar-refractivity contribution is 0.220. The smallest absolute Gasteiger partial charge is 0.318 e. The van der Waals surface area contributed by atoms with Gasteiger partial charge in [-0.2, -0.15) is 0 Å². The Balaban J connectivity index is 2.01. The summed E-state index contributed by atoms with van der Waals surface area (Å²) in [6.45, 7) is 1.54. The number of amides is 2. The molecule has 0 atom stereocenters. The summed E-state index contributed by atoms with van der Waals surface area (Å²) in [5, 5.41) is 3.09. The molecule has 13 heavy (non-hydrogen) atoms. The standard InChI is InChI=1S/C9H15ClN2O/c10-5-6-12-7-9(11-8(12)13)3-1-2-4-9/h1-7H2,(H,11,13). The second-order valence-electron chi connectivity index (χ2n) is 4.03. The number of hydrogen-bond acceptors (Lipinski definition) is 1. The van der Waals surface area contributed by atoms with E-state index in [4.69, 9.17) is 11.6 Å². The summed E-state index contributed by atoms with van der Waals surface area (Å²) in [6, 6.07) is 0.0718. The van der Waals surface area contributed by atoms with Gasteiger partial charge in [0.05, 0.1) is 5.54 Å². The molecule has 3 nitrogen and oxygen atoms in total. The third-order valence-electron chi connectivity index (χ3n) is 3.07. The topological polar surface area (TPSA) is 32.3 Å². The van der Waals surface area contributed by atoms with Crippen LogP contribution in [0.4, 0.5) is 4.79 Å². The van der Waals surface area contributed by atoms with Crippen LogP contribution in [0, 0.1) is 0 Å². The van der Waals surface area contributed by atoms with Crippen molar-refractivity contribution in [3.05, 3.63) is 0 Å². The Bertz CT molecular complexity index is 214. The molecule has 0 unspecified atom stereocenters. The molecule has 1 aliphatic carbocycles. The highest BCUT2D eigenvalue weighted by Crippen LogP contribution is 2.33. The zero-order valence-electron chi connectivity index (χ0n) is 7.68. The highest BCUT2D eigenvalue weighted by Gasteiger charge is 2.43. The fourth-order valence-electron chi connectivity index (χ4n) is 2.40. The zero-order valence-corrected chi connectivity index (χ0v) is 8.44. The van der Waals surface area contributed by atoms with Crippen LogP contribution in [0.1, 0.15) is 25.7 Å². The Labute approximate surface area is 83.4 Å². The van der Waals surface area contributed by atoms with E-state index < -0.39 is 0 Å². The minimum Gasteiger partial charge on any atom is -0.331 e. The number of carbonyl (C=O) groups excluding carboxylic acids is 1. The summed E-state index contributed by atoms with van der Waals surface area (Å²) in [6.07, 6.45) is 4.76. The molecule has 1 spiro atoms. The molecular formula is C9H15ClN2O. The van der Waals surface area contributed by atoms with Crippen molar-refractivity contribution in [1.82, 2.24) is 10.2 Å². The van der Waals surface area contributed by atoms with E-state index >= 15 is 0 Å². The van der Waals surface area contributed by atoms with Crippen LogP contribution in [0.3, 0.4) is 0 Å². The summed E-state index contributed by atoms with van der Waals surface area (Å²) in [5.41, 5.74) is 0.100. The van der Waals surface area contributed by atoms with Crippen molar-refractivity contribution in [1.29, 1.82) is 0 Å². The van der Waals surface area contributed by atoms with Gasteiger partial charge in [-0.05, 0) is 12.8 Å². The summed E-state index contributed by atoms with van der Waals surface area (Å²) >= 11 is 5.62. The summed E-state index contributed by atoms with van der Waals surface area (Å²) in [7, 11) is 0. The van der Waals surface area contributed by atoms with Gasteiger partial charge < -0.3 is 10.2 Å². The lowest BCUT2D eigenvalue weighted by Crippen LogP contribution is -2.40. The van der Waals surface area contributed by atoms with Gasteiger partial charge in [-0.25, -0.2) is 4.79 Å². The number of halogens is 1. The fourth-order valence-corrected chi connectivity index (χ4v) is 2.60. The predicted octanol–water partition coefficient (Wildman–Crippen LogP) is 1.56. The van der Waals surface area contributed by atoms with Crippen molar-refractivity contribution in [2.45, 2.75) is 31.2 Å². The Morgan fingerprint density at radius 3 is 2.77 bits per heavy atom. The van der Waals surface area contributed by atoms with Gasteiger partial charge in [0, 0.05) is 19.0 Å². The lowest BCUT2D eigenvalue weighted by Gasteiger charge is -2.21. The van der Waals surface area contributed by atoms with Gasteiger partial charge in [-0.3, -0.25) is 0 Å². The molecule has 1 heterocycles. The van der Waals surface area contributed by atoms with Crippen LogP contribution in [0.2, 0.25) is 0 Å². The lowest BCUT2D eigenvalue weighted by atomic mass is 9.99. The maximum Gasteiger partial charge on any atom is 0.318 e. The molecule has 2 rings (SSSR count). The Morgan fingerprint density at radius 2 is 2.15 bits per heavy atom. The molecule has 1 N–H and O–H groups in total. The van der Waals surface area contributed by atoms with Gasteiger partial charge in [0.1, 0.15) is 0 Å². The number of urea groups is 1. The molecule has 0 aromatic carbocycles. The number of nitrogens with one attached hydrogen (secondary N) is 1. The first kappa shape index (κ1) is 9.13. The predicted molar refractivity (Wildman–Crippen MR) is 52.0 cm³/mol. The van der Waals surface area contributed by atoms with Crippen molar-refractivity contribution < 1.29 is 4.79 Å². The largest absolute Gasteiger partial charge is 0.331 e. The second kappa shape index (κ2) is 3.37. The number of alkyl halides is 1. The number of rotatable bonds is 2. The SMILES string of the molecule is O=C1NC2(CCCC2)CN1CCCl. The van der Waals surface area contributed by atoms with Gasteiger partial charge >= 0.3 is 6.03 Å². The van der Waals surface area contributed by atoms with Crippen LogP contribution < -0.4 is 5.32 Å². The molecular weight excluding hydrogens is 188 g/mol. The van der Waals surface area contributed by atoms with Crippen molar-refractivity contribution in [2.24, 2.45) is 0 Å². The first-order valence-electron chi connectivity index (χ1n) is 4.89. The van der Waals surface area contributed by atoms with E-state index in [1.54, 1.807) is 0 Å². The van der Waals surface area contributed by atoms with Gasteiger partial charge in [-0.1, -0.05) is 12.8 Å². The van der Waals surface area contributed by atoms with Crippen LogP contribution in [0.25, 0.3) is 0 Å². The Morgan fingerprint density at radius 1 is 1.46 bits per heavy atom. The van der Waals surface area contributed by atoms with Gasteiger partial charge in [0.25, 0.3) is 0 Å². The summed E-state index contributed by atoms with van der Waals surface area (Å²) in [5.74, 6) is 0.531. The van der Waals surface area contributed by atoms with Gasteiger partial charge in [0.2, 0.25) is 0 Å². The van der Waals surface area contributed by atoms with E-state index in [0.29, 0.717) is 12.4 Å². The minimum atomic E-state index is 0.0718. The minimum absolute atomic E-state index is 0.0718. The number of carbonyl (C=O) groups is 1. The number of hydrogen-bond donors (Lipinski definition) is 1. The molecule has 0 bridgehead atoms. The Kier molecular flexibility index (Phi) is 2.37. The molecule has 1 saturated heterocycles. The fraction of sp³-hybridized carbons (Fsp3) is 0.889. The molecule has 2 aliphatic rings. The maximum atomic E-state index is 11.5. The third-order valence-corrected chi connectivity index (χ3v) is 3.24. The molecule has 0 radical (unpaired) electrons. The summed E-state index contributed by atoms with van der Waals surface area (Å²) in [4.78, 5) is 13.3. The van der Waals surface area contributed by atoms with Crippen molar-refractivity contribution in [2.75, 3.05) is 19.0 Å². The molecule has 0 aromatic heterocycles. The maximum absolute atomic E-state index is 11.5. The highest BCUT2D eigenvalue weighted by molar-refractivity contribution is 6.18. The molecule has 1 saturated carbocycles. The van der Waals surface area contributed by atoms with E-state index in [2.05, 4.69) is 5.32 Å². The van der Waals surface area contributed by atoms with Crippen molar-refractivity contribution >= 4 is 17.6 Å². The van der Waals surface area contributed by atoms with E-state index in [0.717, 1.165) is 19.4 Å². The van der Waals surface area contributed by atoms with E-state index in [9.17, 15) is 4.79 Å². The molecule has 74 valence electrons. The first-order valence-corrected chi connectivity index (χ1v) is 5.42. The van der Waals surface area contributed by atoms with E-state index in [1.165, 1.54) is 12.8 Å². The molecule has 0 aromatic rings. The Hall–Kier alpha value is -0.440. The molecule has 4 heteroatoms. The quantitative estimate of drug-likeness (QED) is 0.678. The molecule has 2 amide bonds. The van der Waals surface area contributed by atoms with E-state index in [1.807, 2.05) is 4.90 Å². The second-order valence-corrected chi connectivity index (χ2v) is 4.41. The van der Waals surface area contributed by atoms with Crippen LogP contribution in [-0.4, -0.2) is 35.4 Å². The molecule has 1 aliphatic heterocycles. The van der Waals surface area contributed by atoms with Crippen LogP contribution in [0.15, 0.2) is 0 Å². The highest BCUT2D eigenvalue weighted by atomic mass is 35.5. The van der Waals surface area contributed by atoms with Crippen LogP contribution in [-0.2, 0) is 0 Å². The van der Waals surface area contributed by atoms with Crippen LogP contribution in [0.5, 0.6) is 0 Å². The summed E-state index contributed by atoms with van der Waals surface area (Å²) < 4.78 is 0. The first-order chi connectivity index (χ1) is 6.26. The monoisotopic (exact) mass is 202 g/mol. The van der Waals surface area contributed by atoms with Crippen molar-refractivity contribution in [3.63, 3.8) is 0 Å². The molecule has 2 fully saturated rings. The normalized spacial score (nSPS) is 25.6. The average molecular weight is 203 g/mol. The van der Waals surface area contributed by atoms with Crippen molar-refractivity contribution in [3.8, 4) is 0 Å². The van der Waals surface area contributed by atoms with Gasteiger partial charge in [-0.15, -0.1) is 11.6 Å². The van der Waals surface area contributed by atoms with Crippen LogP contribution >= 0.6 is 11.6 Å². The number of nitrogens with zero attached hydrogens (tertiary/aromatic N) is 1. The average Bonchev–Trinajstić information content (AvgIpc) is 2.63.